The minimum Gasteiger partial charge on any atom is -0.467 e. The maximum Gasteiger partial charge on any atom is 0.123 e. The molecule has 1 atom stereocenters. The van der Waals surface area contributed by atoms with Gasteiger partial charge in [0.05, 0.1) is 36.5 Å². The standard InChI is InChI=1S/C15H20N2O2/c1-3-15(18)14-8-7-12(10-16-14)17(4-2)11-13-6-5-9-19-13/h5-10,15,18H,3-4,11H2,1-2H3/t15-/m1/s1. The van der Waals surface area contributed by atoms with Crippen LogP contribution in [0.25, 0.3) is 0 Å². The van der Waals surface area contributed by atoms with Crippen molar-refractivity contribution in [2.75, 3.05) is 11.4 Å². The van der Waals surface area contributed by atoms with Crippen molar-refractivity contribution in [3.63, 3.8) is 0 Å². The molecule has 0 saturated carbocycles. The third-order valence-corrected chi connectivity index (χ3v) is 3.17. The summed E-state index contributed by atoms with van der Waals surface area (Å²) in [6.45, 7) is 5.63. The average Bonchev–Trinajstić information content (AvgIpc) is 2.97. The van der Waals surface area contributed by atoms with E-state index >= 15 is 0 Å². The highest BCUT2D eigenvalue weighted by Crippen LogP contribution is 2.20. The van der Waals surface area contributed by atoms with E-state index in [1.165, 1.54) is 0 Å². The van der Waals surface area contributed by atoms with Crippen LogP contribution in [0.15, 0.2) is 41.1 Å². The summed E-state index contributed by atoms with van der Waals surface area (Å²) in [6, 6.07) is 7.73. The van der Waals surface area contributed by atoms with E-state index in [1.807, 2.05) is 31.2 Å². The highest BCUT2D eigenvalue weighted by Gasteiger charge is 2.10. The van der Waals surface area contributed by atoms with Crippen molar-refractivity contribution in [1.29, 1.82) is 0 Å². The molecule has 0 unspecified atom stereocenters. The van der Waals surface area contributed by atoms with Crippen molar-refractivity contribution >= 4 is 5.69 Å². The molecule has 2 aromatic rings. The Kier molecular flexibility index (Phi) is 4.58. The Morgan fingerprint density at radius 1 is 1.32 bits per heavy atom. The van der Waals surface area contributed by atoms with Crippen LogP contribution < -0.4 is 4.90 Å². The number of nitrogens with zero attached hydrogens (tertiary/aromatic N) is 2. The molecule has 0 aromatic carbocycles. The van der Waals surface area contributed by atoms with Gasteiger partial charge in [0.1, 0.15) is 5.76 Å². The van der Waals surface area contributed by atoms with Crippen molar-refractivity contribution in [1.82, 2.24) is 4.98 Å². The van der Waals surface area contributed by atoms with E-state index in [0.717, 1.165) is 30.2 Å². The fourth-order valence-corrected chi connectivity index (χ4v) is 1.97. The first-order valence-electron chi connectivity index (χ1n) is 6.66. The largest absolute Gasteiger partial charge is 0.467 e. The molecule has 1 N–H and O–H groups in total. The van der Waals surface area contributed by atoms with E-state index in [9.17, 15) is 5.11 Å². The Balaban J connectivity index is 2.10. The zero-order valence-electron chi connectivity index (χ0n) is 11.4. The van der Waals surface area contributed by atoms with Crippen LogP contribution in [0.2, 0.25) is 0 Å². The Bertz CT molecular complexity index is 479. The first-order valence-corrected chi connectivity index (χ1v) is 6.66. The van der Waals surface area contributed by atoms with Crippen LogP contribution in [0.5, 0.6) is 0 Å². The fourth-order valence-electron chi connectivity index (χ4n) is 1.97. The second-order valence-electron chi connectivity index (χ2n) is 4.46. The van der Waals surface area contributed by atoms with Crippen molar-refractivity contribution < 1.29 is 9.52 Å². The summed E-state index contributed by atoms with van der Waals surface area (Å²) in [4.78, 5) is 6.50. The van der Waals surface area contributed by atoms with Gasteiger partial charge in [-0.2, -0.15) is 0 Å². The second-order valence-corrected chi connectivity index (χ2v) is 4.46. The van der Waals surface area contributed by atoms with Crippen LogP contribution in [0.4, 0.5) is 5.69 Å². The van der Waals surface area contributed by atoms with E-state index in [0.29, 0.717) is 6.42 Å². The molecule has 0 fully saturated rings. The van der Waals surface area contributed by atoms with Crippen LogP contribution >= 0.6 is 0 Å². The average molecular weight is 260 g/mol. The Morgan fingerprint density at radius 2 is 2.16 bits per heavy atom. The van der Waals surface area contributed by atoms with Gasteiger partial charge in [0.2, 0.25) is 0 Å². The van der Waals surface area contributed by atoms with Crippen LogP contribution in [-0.2, 0) is 6.54 Å². The number of rotatable bonds is 6. The zero-order chi connectivity index (χ0) is 13.7. The molecule has 2 heterocycles. The smallest absolute Gasteiger partial charge is 0.123 e. The molecular formula is C15H20N2O2. The van der Waals surface area contributed by atoms with Gasteiger partial charge >= 0.3 is 0 Å². The summed E-state index contributed by atoms with van der Waals surface area (Å²) in [6.07, 6.45) is 3.69. The summed E-state index contributed by atoms with van der Waals surface area (Å²) < 4.78 is 5.36. The topological polar surface area (TPSA) is 49.5 Å². The molecule has 2 rings (SSSR count). The highest BCUT2D eigenvalue weighted by molar-refractivity contribution is 5.44. The zero-order valence-corrected chi connectivity index (χ0v) is 11.4. The number of furan rings is 1. The lowest BCUT2D eigenvalue weighted by Gasteiger charge is -2.22. The Labute approximate surface area is 113 Å². The van der Waals surface area contributed by atoms with Gasteiger partial charge in [-0.1, -0.05) is 6.92 Å². The van der Waals surface area contributed by atoms with Crippen molar-refractivity contribution in [2.24, 2.45) is 0 Å². The fraction of sp³-hybridized carbons (Fsp3) is 0.400. The predicted octanol–water partition coefficient (Wildman–Crippen LogP) is 3.14. The SMILES string of the molecule is CC[C@@H](O)c1ccc(N(CC)Cc2ccco2)cn1. The van der Waals surface area contributed by atoms with Crippen LogP contribution in [-0.4, -0.2) is 16.6 Å². The Hall–Kier alpha value is -1.81. The third kappa shape index (κ3) is 3.35. The molecule has 0 aliphatic heterocycles. The molecule has 0 aliphatic rings. The molecule has 0 saturated heterocycles. The molecule has 0 radical (unpaired) electrons. The normalized spacial score (nSPS) is 12.4. The first kappa shape index (κ1) is 13.6. The van der Waals surface area contributed by atoms with Gasteiger partial charge in [-0.15, -0.1) is 0 Å². The monoisotopic (exact) mass is 260 g/mol. The van der Waals surface area contributed by atoms with Crippen molar-refractivity contribution in [3.8, 4) is 0 Å². The number of hydrogen-bond acceptors (Lipinski definition) is 4. The van der Waals surface area contributed by atoms with E-state index in [2.05, 4.69) is 16.8 Å². The molecule has 0 amide bonds. The molecular weight excluding hydrogens is 240 g/mol. The van der Waals surface area contributed by atoms with E-state index in [1.54, 1.807) is 12.5 Å². The van der Waals surface area contributed by atoms with E-state index in [4.69, 9.17) is 4.42 Å². The number of hydrogen-bond donors (Lipinski definition) is 1. The minimum atomic E-state index is -0.478. The van der Waals surface area contributed by atoms with Crippen LogP contribution in [0.3, 0.4) is 0 Å². The van der Waals surface area contributed by atoms with E-state index < -0.39 is 6.10 Å². The number of anilines is 1. The van der Waals surface area contributed by atoms with Crippen LogP contribution in [0, 0.1) is 0 Å². The van der Waals surface area contributed by atoms with Crippen LogP contribution in [0.1, 0.15) is 37.8 Å². The quantitative estimate of drug-likeness (QED) is 0.866. The maximum absolute atomic E-state index is 9.73. The molecule has 4 nitrogen and oxygen atoms in total. The molecule has 0 bridgehead atoms. The van der Waals surface area contributed by atoms with Gasteiger partial charge in [0.25, 0.3) is 0 Å². The molecule has 4 heteroatoms. The van der Waals surface area contributed by atoms with Gasteiger partial charge in [-0.05, 0) is 37.6 Å². The maximum atomic E-state index is 9.73. The number of aliphatic hydroxyl groups is 1. The number of aliphatic hydroxyl groups excluding tert-OH is 1. The van der Waals surface area contributed by atoms with Crippen molar-refractivity contribution in [3.05, 3.63) is 48.2 Å². The molecule has 102 valence electrons. The predicted molar refractivity (Wildman–Crippen MR) is 74.9 cm³/mol. The molecule has 0 aliphatic carbocycles. The summed E-state index contributed by atoms with van der Waals surface area (Å²) in [5.74, 6) is 0.930. The third-order valence-electron chi connectivity index (χ3n) is 3.17. The second kappa shape index (κ2) is 6.38. The van der Waals surface area contributed by atoms with Gasteiger partial charge in [-0.3, -0.25) is 4.98 Å². The lowest BCUT2D eigenvalue weighted by molar-refractivity contribution is 0.169. The summed E-state index contributed by atoms with van der Waals surface area (Å²) in [5.41, 5.74) is 1.76. The van der Waals surface area contributed by atoms with Gasteiger partial charge in [0.15, 0.2) is 0 Å². The lowest BCUT2D eigenvalue weighted by atomic mass is 10.2. The number of pyridine rings is 1. The first-order chi connectivity index (χ1) is 9.24. The highest BCUT2D eigenvalue weighted by atomic mass is 16.3. The lowest BCUT2D eigenvalue weighted by Crippen LogP contribution is -2.21. The molecule has 2 aromatic heterocycles. The molecule has 19 heavy (non-hydrogen) atoms. The van der Waals surface area contributed by atoms with Gasteiger partial charge in [-0.25, -0.2) is 0 Å². The summed E-state index contributed by atoms with van der Waals surface area (Å²) in [5, 5.41) is 9.73. The van der Waals surface area contributed by atoms with Crippen molar-refractivity contribution in [2.45, 2.75) is 32.9 Å². The van der Waals surface area contributed by atoms with Gasteiger partial charge in [0, 0.05) is 6.54 Å². The van der Waals surface area contributed by atoms with Gasteiger partial charge < -0.3 is 14.4 Å². The minimum absolute atomic E-state index is 0.478. The van der Waals surface area contributed by atoms with E-state index in [-0.39, 0.29) is 0 Å². The Morgan fingerprint density at radius 3 is 2.68 bits per heavy atom. The summed E-state index contributed by atoms with van der Waals surface area (Å²) in [7, 11) is 0. The summed E-state index contributed by atoms with van der Waals surface area (Å²) >= 11 is 0. The number of aromatic nitrogens is 1. The molecule has 0 spiro atoms.